The van der Waals surface area contributed by atoms with Gasteiger partial charge >= 0.3 is 0 Å². The molecule has 0 unspecified atom stereocenters. The normalized spacial score (nSPS) is 17.9. The lowest BCUT2D eigenvalue weighted by Crippen LogP contribution is -2.49. The molecule has 35 heavy (non-hydrogen) atoms. The van der Waals surface area contributed by atoms with Crippen molar-refractivity contribution in [3.05, 3.63) is 47.8 Å². The fourth-order valence-electron chi connectivity index (χ4n) is 4.78. The lowest BCUT2D eigenvalue weighted by molar-refractivity contribution is 0.0331. The molecule has 0 aliphatic carbocycles. The summed E-state index contributed by atoms with van der Waals surface area (Å²) in [6.07, 6.45) is 0. The van der Waals surface area contributed by atoms with Crippen LogP contribution in [0.3, 0.4) is 0 Å². The number of nitrogens with zero attached hydrogens (tertiary/aromatic N) is 7. The van der Waals surface area contributed by atoms with Crippen molar-refractivity contribution < 1.29 is 4.74 Å². The SMILES string of the molecule is Nc1c2c(-c3cccs3)nc(N3CCN(CCN4CCOCC4)CC3)nc2nn1-c1ccccc1. The Kier molecular flexibility index (Phi) is 6.34. The number of nitrogen functional groups attached to an aromatic ring is 1. The van der Waals surface area contributed by atoms with Crippen LogP contribution < -0.4 is 10.6 Å². The Labute approximate surface area is 208 Å². The number of nitrogens with two attached hydrogens (primary N) is 1. The van der Waals surface area contributed by atoms with E-state index >= 15 is 0 Å². The fourth-order valence-corrected chi connectivity index (χ4v) is 5.50. The molecule has 5 heterocycles. The van der Waals surface area contributed by atoms with E-state index in [1.165, 1.54) is 0 Å². The van der Waals surface area contributed by atoms with E-state index in [1.54, 1.807) is 16.0 Å². The smallest absolute Gasteiger partial charge is 0.228 e. The van der Waals surface area contributed by atoms with Crippen molar-refractivity contribution in [2.45, 2.75) is 0 Å². The van der Waals surface area contributed by atoms with E-state index in [9.17, 15) is 0 Å². The van der Waals surface area contributed by atoms with Crippen molar-refractivity contribution >= 4 is 34.1 Å². The van der Waals surface area contributed by atoms with E-state index in [4.69, 9.17) is 25.5 Å². The Hall–Kier alpha value is -3.05. The van der Waals surface area contributed by atoms with E-state index in [1.807, 2.05) is 36.4 Å². The first-order valence-corrected chi connectivity index (χ1v) is 13.1. The first kappa shape index (κ1) is 22.4. The third-order valence-electron chi connectivity index (χ3n) is 6.80. The zero-order valence-corrected chi connectivity index (χ0v) is 20.5. The van der Waals surface area contributed by atoms with Crippen LogP contribution in [0.4, 0.5) is 11.8 Å². The van der Waals surface area contributed by atoms with Crippen LogP contribution in [0.25, 0.3) is 27.3 Å². The second-order valence-corrected chi connectivity index (χ2v) is 9.91. The lowest BCUT2D eigenvalue weighted by atomic mass is 10.2. The van der Waals surface area contributed by atoms with Crippen molar-refractivity contribution in [2.75, 3.05) is 76.2 Å². The number of piperazine rings is 1. The van der Waals surface area contributed by atoms with Gasteiger partial charge < -0.3 is 15.4 Å². The lowest BCUT2D eigenvalue weighted by Gasteiger charge is -2.36. The monoisotopic (exact) mass is 490 g/mol. The van der Waals surface area contributed by atoms with Gasteiger partial charge in [-0.3, -0.25) is 9.80 Å². The number of anilines is 2. The molecule has 0 spiro atoms. The molecule has 0 atom stereocenters. The van der Waals surface area contributed by atoms with Crippen LogP contribution in [-0.4, -0.2) is 95.1 Å². The highest BCUT2D eigenvalue weighted by molar-refractivity contribution is 7.13. The maximum Gasteiger partial charge on any atom is 0.228 e. The summed E-state index contributed by atoms with van der Waals surface area (Å²) >= 11 is 1.66. The molecule has 2 aliphatic rings. The van der Waals surface area contributed by atoms with Crippen LogP contribution in [0.1, 0.15) is 0 Å². The van der Waals surface area contributed by atoms with Gasteiger partial charge in [-0.2, -0.15) is 4.98 Å². The number of thiophene rings is 1. The van der Waals surface area contributed by atoms with Crippen molar-refractivity contribution in [3.8, 4) is 16.3 Å². The van der Waals surface area contributed by atoms with Crippen LogP contribution >= 0.6 is 11.3 Å². The molecule has 182 valence electrons. The van der Waals surface area contributed by atoms with E-state index in [2.05, 4.69) is 26.1 Å². The number of morpholine rings is 1. The van der Waals surface area contributed by atoms with Gasteiger partial charge in [-0.1, -0.05) is 24.3 Å². The molecule has 1 aromatic carbocycles. The molecule has 2 N–H and O–H groups in total. The highest BCUT2D eigenvalue weighted by atomic mass is 32.1. The van der Waals surface area contributed by atoms with Gasteiger partial charge in [0.1, 0.15) is 5.82 Å². The topological polar surface area (TPSA) is 88.6 Å². The molecule has 0 radical (unpaired) electrons. The first-order chi connectivity index (χ1) is 17.3. The molecule has 2 aliphatic heterocycles. The Morgan fingerprint density at radius 1 is 0.857 bits per heavy atom. The molecule has 2 saturated heterocycles. The highest BCUT2D eigenvalue weighted by Gasteiger charge is 2.24. The Balaban J connectivity index is 1.25. The largest absolute Gasteiger partial charge is 0.383 e. The molecule has 6 rings (SSSR count). The minimum absolute atomic E-state index is 0.564. The zero-order valence-electron chi connectivity index (χ0n) is 19.7. The number of ether oxygens (including phenoxy) is 1. The Bertz CT molecular complexity index is 1260. The molecular weight excluding hydrogens is 460 g/mol. The fraction of sp³-hybridized carbons (Fsp3) is 0.400. The minimum Gasteiger partial charge on any atom is -0.383 e. The summed E-state index contributed by atoms with van der Waals surface area (Å²) in [6, 6.07) is 14.1. The third-order valence-corrected chi connectivity index (χ3v) is 7.68. The van der Waals surface area contributed by atoms with E-state index in [0.717, 1.165) is 93.2 Å². The van der Waals surface area contributed by atoms with Gasteiger partial charge in [-0.25, -0.2) is 9.67 Å². The summed E-state index contributed by atoms with van der Waals surface area (Å²) in [5.74, 6) is 1.29. The molecule has 3 aromatic heterocycles. The minimum atomic E-state index is 0.564. The van der Waals surface area contributed by atoms with Gasteiger partial charge in [0, 0.05) is 52.4 Å². The average molecular weight is 491 g/mol. The van der Waals surface area contributed by atoms with Gasteiger partial charge in [-0.15, -0.1) is 16.4 Å². The summed E-state index contributed by atoms with van der Waals surface area (Å²) in [4.78, 5) is 18.3. The first-order valence-electron chi connectivity index (χ1n) is 12.2. The highest BCUT2D eigenvalue weighted by Crippen LogP contribution is 2.35. The van der Waals surface area contributed by atoms with E-state index < -0.39 is 0 Å². The molecule has 2 fully saturated rings. The number of aromatic nitrogens is 4. The molecular formula is C25H30N8OS. The van der Waals surface area contributed by atoms with Crippen LogP contribution in [0.2, 0.25) is 0 Å². The maximum absolute atomic E-state index is 6.61. The quantitative estimate of drug-likeness (QED) is 0.441. The second kappa shape index (κ2) is 9.90. The Morgan fingerprint density at radius 2 is 1.60 bits per heavy atom. The van der Waals surface area contributed by atoms with Crippen LogP contribution in [0.15, 0.2) is 47.8 Å². The van der Waals surface area contributed by atoms with Crippen molar-refractivity contribution in [1.29, 1.82) is 0 Å². The predicted octanol–water partition coefficient (Wildman–Crippen LogP) is 2.58. The van der Waals surface area contributed by atoms with Crippen LogP contribution in [0.5, 0.6) is 0 Å². The summed E-state index contributed by atoms with van der Waals surface area (Å²) in [5.41, 5.74) is 9.01. The molecule has 0 saturated carbocycles. The van der Waals surface area contributed by atoms with Gasteiger partial charge in [0.25, 0.3) is 0 Å². The van der Waals surface area contributed by atoms with E-state index in [-0.39, 0.29) is 0 Å². The predicted molar refractivity (Wildman–Crippen MR) is 140 cm³/mol. The maximum atomic E-state index is 6.61. The van der Waals surface area contributed by atoms with Crippen molar-refractivity contribution in [1.82, 2.24) is 29.5 Å². The molecule has 0 amide bonds. The second-order valence-electron chi connectivity index (χ2n) is 8.96. The number of benzene rings is 1. The van der Waals surface area contributed by atoms with Gasteiger partial charge in [-0.05, 0) is 23.6 Å². The number of hydrogen-bond acceptors (Lipinski definition) is 9. The average Bonchev–Trinajstić information content (AvgIpc) is 3.57. The van der Waals surface area contributed by atoms with Crippen molar-refractivity contribution in [3.63, 3.8) is 0 Å². The van der Waals surface area contributed by atoms with Gasteiger partial charge in [0.05, 0.1) is 34.9 Å². The summed E-state index contributed by atoms with van der Waals surface area (Å²) in [7, 11) is 0. The van der Waals surface area contributed by atoms with Crippen LogP contribution in [-0.2, 0) is 4.74 Å². The van der Waals surface area contributed by atoms with Gasteiger partial charge in [0.15, 0.2) is 5.65 Å². The summed E-state index contributed by atoms with van der Waals surface area (Å²) in [6.45, 7) is 9.77. The summed E-state index contributed by atoms with van der Waals surface area (Å²) < 4.78 is 7.23. The zero-order chi connectivity index (χ0) is 23.6. The van der Waals surface area contributed by atoms with E-state index in [0.29, 0.717) is 11.5 Å². The van der Waals surface area contributed by atoms with Crippen LogP contribution in [0, 0.1) is 0 Å². The number of hydrogen-bond donors (Lipinski definition) is 1. The third kappa shape index (κ3) is 4.62. The number of fused-ring (bicyclic) bond motifs is 1. The number of rotatable bonds is 6. The number of para-hydroxylation sites is 1. The van der Waals surface area contributed by atoms with Gasteiger partial charge in [0.2, 0.25) is 5.95 Å². The van der Waals surface area contributed by atoms with Crippen molar-refractivity contribution in [2.24, 2.45) is 0 Å². The standard InChI is InChI=1S/C25H30N8OS/c26-23-21-22(20-7-4-18-35-20)27-25(28-24(21)29-33(23)19-5-2-1-3-6-19)32-12-10-30(11-13-32)8-9-31-14-16-34-17-15-31/h1-7,18H,8-17,26H2. The molecule has 10 heteroatoms. The molecule has 9 nitrogen and oxygen atoms in total. The summed E-state index contributed by atoms with van der Waals surface area (Å²) in [5, 5.41) is 7.67. The Morgan fingerprint density at radius 3 is 2.31 bits per heavy atom. The molecule has 0 bridgehead atoms. The molecule has 4 aromatic rings.